The number of benzene rings is 1. The molecule has 2 aliphatic heterocycles. The van der Waals surface area contributed by atoms with E-state index < -0.39 is 11.8 Å². The minimum Gasteiger partial charge on any atom is -0.376 e. The van der Waals surface area contributed by atoms with Crippen LogP contribution in [0.3, 0.4) is 0 Å². The third-order valence-electron chi connectivity index (χ3n) is 5.49. The van der Waals surface area contributed by atoms with Crippen LogP contribution in [0.25, 0.3) is 17.0 Å². The van der Waals surface area contributed by atoms with Crippen molar-refractivity contribution < 1.29 is 19.1 Å². The molecule has 0 aliphatic carbocycles. The summed E-state index contributed by atoms with van der Waals surface area (Å²) in [6, 6.07) is 7.56. The van der Waals surface area contributed by atoms with Gasteiger partial charge >= 0.3 is 0 Å². The summed E-state index contributed by atoms with van der Waals surface area (Å²) in [5, 5.41) is 6.44. The number of hydrogen-bond donors (Lipinski definition) is 2. The van der Waals surface area contributed by atoms with Crippen molar-refractivity contribution in [2.45, 2.75) is 32.4 Å². The second-order valence-electron chi connectivity index (χ2n) is 7.54. The van der Waals surface area contributed by atoms with E-state index in [1.165, 1.54) is 4.90 Å². The van der Waals surface area contributed by atoms with Crippen molar-refractivity contribution in [3.05, 3.63) is 41.6 Å². The lowest BCUT2D eigenvalue weighted by Crippen LogP contribution is -2.53. The number of carbonyl (C=O) groups is 3. The van der Waals surface area contributed by atoms with Crippen molar-refractivity contribution in [1.82, 2.24) is 20.1 Å². The Kier molecular flexibility index (Phi) is 6.15. The van der Waals surface area contributed by atoms with E-state index in [9.17, 15) is 14.4 Å². The molecule has 1 aromatic heterocycles. The fourth-order valence-corrected chi connectivity index (χ4v) is 4.21. The van der Waals surface area contributed by atoms with E-state index in [0.717, 1.165) is 30.4 Å². The first kappa shape index (κ1) is 21.2. The van der Waals surface area contributed by atoms with Crippen LogP contribution >= 0.6 is 12.2 Å². The van der Waals surface area contributed by atoms with Gasteiger partial charge in [0.1, 0.15) is 12.1 Å². The molecule has 0 spiro atoms. The van der Waals surface area contributed by atoms with Gasteiger partial charge in [-0.3, -0.25) is 24.6 Å². The number of aromatic nitrogens is 1. The molecule has 2 N–H and O–H groups in total. The standard InChI is InChI=1S/C22H24N4O4S/c1-2-26-21(29)17(20(28)24-22(26)31)10-14-12-25(18-8-4-3-7-16(14)18)13-19(27)23-11-15-6-5-9-30-15/h3-4,7-8,10,12,15H,2,5-6,9,11,13H2,1H3,(H,23,27)(H,24,28,31)/b17-10+/t15-/m1/s1. The molecule has 9 heteroatoms. The predicted molar refractivity (Wildman–Crippen MR) is 120 cm³/mol. The van der Waals surface area contributed by atoms with Crippen molar-refractivity contribution in [1.29, 1.82) is 0 Å². The summed E-state index contributed by atoms with van der Waals surface area (Å²) in [6.07, 6.45) is 5.40. The number of likely N-dealkylation sites (N-methyl/N-ethyl adjacent to an activating group) is 1. The van der Waals surface area contributed by atoms with Crippen LogP contribution in [0.4, 0.5) is 0 Å². The Morgan fingerprint density at radius 3 is 2.90 bits per heavy atom. The number of carbonyl (C=O) groups excluding carboxylic acids is 3. The molecule has 2 aromatic rings. The van der Waals surface area contributed by atoms with Gasteiger partial charge in [0.05, 0.1) is 6.10 Å². The molecular formula is C22H24N4O4S. The van der Waals surface area contributed by atoms with Crippen molar-refractivity contribution in [2.24, 2.45) is 0 Å². The molecule has 3 heterocycles. The van der Waals surface area contributed by atoms with E-state index in [1.54, 1.807) is 19.2 Å². The number of hydrogen-bond acceptors (Lipinski definition) is 5. The third kappa shape index (κ3) is 4.38. The Balaban J connectivity index is 1.60. The molecule has 0 unspecified atom stereocenters. The summed E-state index contributed by atoms with van der Waals surface area (Å²) >= 11 is 5.08. The van der Waals surface area contributed by atoms with Gasteiger partial charge in [0.2, 0.25) is 5.91 Å². The highest BCUT2D eigenvalue weighted by Gasteiger charge is 2.32. The maximum atomic E-state index is 12.7. The van der Waals surface area contributed by atoms with Gasteiger partial charge in [-0.05, 0) is 44.1 Å². The van der Waals surface area contributed by atoms with Crippen molar-refractivity contribution >= 4 is 52.0 Å². The SMILES string of the molecule is CCN1C(=O)/C(=C/c2cn(CC(=O)NC[C@H]3CCCO3)c3ccccc23)C(=O)NC1=S. The van der Waals surface area contributed by atoms with Crippen LogP contribution in [0.2, 0.25) is 0 Å². The Morgan fingerprint density at radius 1 is 1.35 bits per heavy atom. The second-order valence-corrected chi connectivity index (χ2v) is 7.92. The maximum absolute atomic E-state index is 12.7. The predicted octanol–water partition coefficient (Wildman–Crippen LogP) is 1.58. The lowest BCUT2D eigenvalue weighted by Gasteiger charge is -2.27. The van der Waals surface area contributed by atoms with E-state index in [2.05, 4.69) is 10.6 Å². The van der Waals surface area contributed by atoms with Gasteiger partial charge in [-0.15, -0.1) is 0 Å². The molecule has 1 atom stereocenters. The molecule has 4 rings (SSSR count). The average Bonchev–Trinajstić information content (AvgIpc) is 3.38. The lowest BCUT2D eigenvalue weighted by atomic mass is 10.1. The molecule has 2 saturated heterocycles. The highest BCUT2D eigenvalue weighted by atomic mass is 32.1. The van der Waals surface area contributed by atoms with Gasteiger partial charge in [0.25, 0.3) is 11.8 Å². The van der Waals surface area contributed by atoms with E-state index in [0.29, 0.717) is 18.7 Å². The molecule has 2 aliphatic rings. The first-order valence-corrected chi connectivity index (χ1v) is 10.7. The van der Waals surface area contributed by atoms with Gasteiger partial charge in [0.15, 0.2) is 5.11 Å². The second kappa shape index (κ2) is 8.99. The van der Waals surface area contributed by atoms with Crippen LogP contribution in [0.1, 0.15) is 25.3 Å². The number of fused-ring (bicyclic) bond motifs is 1. The molecule has 0 bridgehead atoms. The molecule has 2 fully saturated rings. The quantitative estimate of drug-likeness (QED) is 0.404. The molecule has 1 aromatic carbocycles. The van der Waals surface area contributed by atoms with E-state index in [4.69, 9.17) is 17.0 Å². The van der Waals surface area contributed by atoms with E-state index in [-0.39, 0.29) is 29.2 Å². The van der Waals surface area contributed by atoms with E-state index >= 15 is 0 Å². The van der Waals surface area contributed by atoms with Crippen molar-refractivity contribution in [2.75, 3.05) is 19.7 Å². The van der Waals surface area contributed by atoms with Crippen LogP contribution in [0.15, 0.2) is 36.0 Å². The van der Waals surface area contributed by atoms with E-state index in [1.807, 2.05) is 28.8 Å². The summed E-state index contributed by atoms with van der Waals surface area (Å²) in [4.78, 5) is 39.0. The van der Waals surface area contributed by atoms with Crippen LogP contribution < -0.4 is 10.6 Å². The summed E-state index contributed by atoms with van der Waals surface area (Å²) < 4.78 is 7.37. The van der Waals surface area contributed by atoms with Gasteiger partial charge in [-0.2, -0.15) is 0 Å². The number of nitrogens with zero attached hydrogens (tertiary/aromatic N) is 2. The molecule has 0 radical (unpaired) electrons. The molecular weight excluding hydrogens is 416 g/mol. The zero-order valence-corrected chi connectivity index (χ0v) is 18.0. The third-order valence-corrected chi connectivity index (χ3v) is 5.81. The van der Waals surface area contributed by atoms with Crippen molar-refractivity contribution in [3.8, 4) is 0 Å². The monoisotopic (exact) mass is 440 g/mol. The van der Waals surface area contributed by atoms with Crippen LogP contribution in [0.5, 0.6) is 0 Å². The van der Waals surface area contributed by atoms with Crippen LogP contribution in [-0.4, -0.2) is 58.1 Å². The smallest absolute Gasteiger partial charge is 0.265 e. The summed E-state index contributed by atoms with van der Waals surface area (Å²) in [5.41, 5.74) is 1.54. The van der Waals surface area contributed by atoms with Gasteiger partial charge in [0, 0.05) is 42.4 Å². The minimum absolute atomic E-state index is 0.0150. The normalized spacial score (nSPS) is 20.5. The Labute approximate surface area is 185 Å². The molecule has 0 saturated carbocycles. The van der Waals surface area contributed by atoms with Gasteiger partial charge < -0.3 is 14.6 Å². The fourth-order valence-electron chi connectivity index (χ4n) is 3.90. The average molecular weight is 441 g/mol. The Morgan fingerprint density at radius 2 is 2.16 bits per heavy atom. The number of rotatable bonds is 6. The minimum atomic E-state index is -0.522. The van der Waals surface area contributed by atoms with Crippen LogP contribution in [0, 0.1) is 0 Å². The largest absolute Gasteiger partial charge is 0.376 e. The maximum Gasteiger partial charge on any atom is 0.265 e. The fraction of sp³-hybridized carbons (Fsp3) is 0.364. The molecule has 8 nitrogen and oxygen atoms in total. The molecule has 31 heavy (non-hydrogen) atoms. The Bertz CT molecular complexity index is 1080. The number of para-hydroxylation sites is 1. The molecule has 3 amide bonds. The number of amides is 3. The zero-order chi connectivity index (χ0) is 22.0. The van der Waals surface area contributed by atoms with Gasteiger partial charge in [-0.1, -0.05) is 18.2 Å². The van der Waals surface area contributed by atoms with Crippen LogP contribution in [-0.2, 0) is 25.7 Å². The van der Waals surface area contributed by atoms with Gasteiger partial charge in [-0.25, -0.2) is 0 Å². The number of thiocarbonyl (C=S) groups is 1. The summed E-state index contributed by atoms with van der Waals surface area (Å²) in [6.45, 7) is 3.52. The first-order chi connectivity index (χ1) is 15.0. The highest BCUT2D eigenvalue weighted by molar-refractivity contribution is 7.80. The number of nitrogens with one attached hydrogen (secondary N) is 2. The number of ether oxygens (including phenoxy) is 1. The molecule has 162 valence electrons. The first-order valence-electron chi connectivity index (χ1n) is 10.3. The zero-order valence-electron chi connectivity index (χ0n) is 17.2. The summed E-state index contributed by atoms with van der Waals surface area (Å²) in [7, 11) is 0. The Hall–Kier alpha value is -3.04. The lowest BCUT2D eigenvalue weighted by molar-refractivity contribution is -0.128. The van der Waals surface area contributed by atoms with Crippen molar-refractivity contribution in [3.63, 3.8) is 0 Å². The summed E-state index contributed by atoms with van der Waals surface area (Å²) in [5.74, 6) is -1.07. The topological polar surface area (TPSA) is 92.7 Å². The highest BCUT2D eigenvalue weighted by Crippen LogP contribution is 2.25.